The average Bonchev–Trinajstić information content (AvgIpc) is 4.05. The number of hydrogen-bond acceptors (Lipinski definition) is 4. The average molecular weight is 866 g/mol. The van der Waals surface area contributed by atoms with E-state index in [1.165, 1.54) is 55.6 Å². The molecule has 0 radical (unpaired) electrons. The summed E-state index contributed by atoms with van der Waals surface area (Å²) in [6, 6.07) is 84.5. The largest absolute Gasteiger partial charge is 0.456 e. The van der Waals surface area contributed by atoms with Crippen LogP contribution < -0.4 is 0 Å². The quantitative estimate of drug-likeness (QED) is 0.167. The molecule has 2 heterocycles. The summed E-state index contributed by atoms with van der Waals surface area (Å²) < 4.78 is 6.45. The molecule has 10 aromatic carbocycles. The van der Waals surface area contributed by atoms with E-state index in [2.05, 4.69) is 188 Å². The van der Waals surface area contributed by atoms with Gasteiger partial charge in [-0.05, 0) is 102 Å². The third-order valence-electron chi connectivity index (χ3n) is 14.2. The number of rotatable bonds is 6. The minimum absolute atomic E-state index is 0.379. The molecule has 2 aliphatic carbocycles. The van der Waals surface area contributed by atoms with Crippen LogP contribution in [0.5, 0.6) is 0 Å². The molecule has 12 aromatic rings. The molecule has 4 heteroatoms. The molecule has 14 rings (SSSR count). The zero-order valence-electron chi connectivity index (χ0n) is 36.8. The highest BCUT2D eigenvalue weighted by atomic mass is 16.3. The Labute approximate surface area is 393 Å². The maximum absolute atomic E-state index is 6.45. The second-order valence-electron chi connectivity index (χ2n) is 17.8. The Balaban J connectivity index is 0.868. The molecule has 0 amide bonds. The summed E-state index contributed by atoms with van der Waals surface area (Å²) in [7, 11) is 0. The normalized spacial score (nSPS) is 12.8. The fourth-order valence-electron chi connectivity index (χ4n) is 11.2. The summed E-state index contributed by atoms with van der Waals surface area (Å²) in [4.78, 5) is 15.5. The van der Waals surface area contributed by atoms with E-state index in [1.54, 1.807) is 0 Å². The topological polar surface area (TPSA) is 51.8 Å². The van der Waals surface area contributed by atoms with Gasteiger partial charge in [-0.1, -0.05) is 212 Å². The van der Waals surface area contributed by atoms with Gasteiger partial charge in [0.25, 0.3) is 0 Å². The fraction of sp³-hybridized carbons (Fsp3) is 0.0156. The van der Waals surface area contributed by atoms with Gasteiger partial charge < -0.3 is 4.42 Å². The number of fused-ring (bicyclic) bond motifs is 13. The van der Waals surface area contributed by atoms with Gasteiger partial charge in [0.15, 0.2) is 17.5 Å². The highest BCUT2D eigenvalue weighted by molar-refractivity contribution is 6.13. The van der Waals surface area contributed by atoms with E-state index >= 15 is 0 Å². The predicted octanol–water partition coefficient (Wildman–Crippen LogP) is 16.1. The second-order valence-corrected chi connectivity index (χ2v) is 17.8. The van der Waals surface area contributed by atoms with Crippen LogP contribution >= 0.6 is 0 Å². The number of hydrogen-bond donors (Lipinski definition) is 0. The Morgan fingerprint density at radius 3 is 1.49 bits per heavy atom. The van der Waals surface area contributed by atoms with Gasteiger partial charge in [0.1, 0.15) is 11.2 Å². The molecule has 68 heavy (non-hydrogen) atoms. The molecule has 0 aliphatic heterocycles. The van der Waals surface area contributed by atoms with Crippen molar-refractivity contribution >= 4 is 21.9 Å². The van der Waals surface area contributed by atoms with E-state index in [-0.39, 0.29) is 5.41 Å². The van der Waals surface area contributed by atoms with Crippen LogP contribution in [0.1, 0.15) is 22.3 Å². The van der Waals surface area contributed by atoms with Gasteiger partial charge in [0.2, 0.25) is 0 Å². The smallest absolute Gasteiger partial charge is 0.164 e. The Kier molecular flexibility index (Phi) is 8.46. The maximum Gasteiger partial charge on any atom is 0.164 e. The van der Waals surface area contributed by atoms with E-state index < -0.39 is 0 Å². The van der Waals surface area contributed by atoms with Crippen LogP contribution in [0.2, 0.25) is 0 Å². The Morgan fingerprint density at radius 2 is 0.750 bits per heavy atom. The minimum Gasteiger partial charge on any atom is -0.456 e. The first-order chi connectivity index (χ1) is 33.7. The first-order valence-corrected chi connectivity index (χ1v) is 23.2. The highest BCUT2D eigenvalue weighted by Crippen LogP contribution is 2.64. The molecule has 1 spiro atoms. The first kappa shape index (κ1) is 38.3. The van der Waals surface area contributed by atoms with Gasteiger partial charge in [-0.2, -0.15) is 0 Å². The van der Waals surface area contributed by atoms with Gasteiger partial charge in [-0.15, -0.1) is 0 Å². The van der Waals surface area contributed by atoms with E-state index in [4.69, 9.17) is 19.4 Å². The molecule has 0 saturated heterocycles. The van der Waals surface area contributed by atoms with Crippen LogP contribution in [0.3, 0.4) is 0 Å². The molecule has 316 valence electrons. The zero-order valence-corrected chi connectivity index (χ0v) is 36.8. The van der Waals surface area contributed by atoms with Crippen molar-refractivity contribution in [2.24, 2.45) is 0 Å². The van der Waals surface area contributed by atoms with Gasteiger partial charge in [0, 0.05) is 27.5 Å². The highest BCUT2D eigenvalue weighted by Gasteiger charge is 2.51. The third-order valence-corrected chi connectivity index (χ3v) is 14.2. The number of nitrogens with zero attached hydrogens (tertiary/aromatic N) is 3. The zero-order chi connectivity index (χ0) is 44.8. The lowest BCUT2D eigenvalue weighted by Crippen LogP contribution is -2.25. The third kappa shape index (κ3) is 5.71. The first-order valence-electron chi connectivity index (χ1n) is 23.2. The van der Waals surface area contributed by atoms with Crippen LogP contribution in [-0.4, -0.2) is 15.0 Å². The van der Waals surface area contributed by atoms with Crippen molar-refractivity contribution in [3.63, 3.8) is 0 Å². The molecule has 0 bridgehead atoms. The van der Waals surface area contributed by atoms with E-state index in [0.717, 1.165) is 60.9 Å². The van der Waals surface area contributed by atoms with Gasteiger partial charge in [0.05, 0.1) is 5.41 Å². The molecule has 4 nitrogen and oxygen atoms in total. The second kappa shape index (κ2) is 15.0. The Hall–Kier alpha value is -8.99. The van der Waals surface area contributed by atoms with Gasteiger partial charge >= 0.3 is 0 Å². The lowest BCUT2D eigenvalue weighted by Gasteiger charge is -2.30. The van der Waals surface area contributed by atoms with Crippen molar-refractivity contribution in [2.45, 2.75) is 5.41 Å². The standard InChI is InChI=1S/C64H39N3O/c1-3-16-40(17-4-1)45-36-37-57-52(39-45)60-51(26-15-31-58(60)68-57)63-66-61(43-18-5-2-6-19-43)65-62(67-63)46-21-13-20-44(38-46)41-32-34-42(35-33-41)47-25-14-30-56-59(47)50-24-9-12-29-55(50)64(56)53-27-10-7-22-48(53)49-23-8-11-28-54(49)64/h1-39H. The van der Waals surface area contributed by atoms with Crippen LogP contribution in [0, 0.1) is 0 Å². The molecular weight excluding hydrogens is 827 g/mol. The molecule has 0 N–H and O–H groups in total. The molecular formula is C64H39N3O. The molecule has 0 unspecified atom stereocenters. The molecule has 0 saturated carbocycles. The number of benzene rings is 10. The summed E-state index contributed by atoms with van der Waals surface area (Å²) >= 11 is 0. The van der Waals surface area contributed by atoms with Crippen LogP contribution in [0.4, 0.5) is 0 Å². The monoisotopic (exact) mass is 865 g/mol. The summed E-state index contributed by atoms with van der Waals surface area (Å²) in [5.74, 6) is 1.80. The van der Waals surface area contributed by atoms with Crippen LogP contribution in [0.25, 0.3) is 112 Å². The minimum atomic E-state index is -0.379. The van der Waals surface area contributed by atoms with Crippen molar-refractivity contribution in [3.8, 4) is 89.8 Å². The van der Waals surface area contributed by atoms with Crippen molar-refractivity contribution in [2.75, 3.05) is 0 Å². The summed E-state index contributed by atoms with van der Waals surface area (Å²) in [6.45, 7) is 0. The Bertz CT molecular complexity index is 3920. The van der Waals surface area contributed by atoms with Gasteiger partial charge in [-0.3, -0.25) is 0 Å². The van der Waals surface area contributed by atoms with Crippen LogP contribution in [-0.2, 0) is 5.41 Å². The fourth-order valence-corrected chi connectivity index (χ4v) is 11.2. The van der Waals surface area contributed by atoms with Crippen molar-refractivity contribution in [3.05, 3.63) is 259 Å². The maximum atomic E-state index is 6.45. The molecule has 2 aromatic heterocycles. The van der Waals surface area contributed by atoms with Crippen LogP contribution in [0.15, 0.2) is 241 Å². The van der Waals surface area contributed by atoms with E-state index in [9.17, 15) is 0 Å². The lowest BCUT2D eigenvalue weighted by molar-refractivity contribution is 0.669. The summed E-state index contributed by atoms with van der Waals surface area (Å²) in [6.07, 6.45) is 0. The summed E-state index contributed by atoms with van der Waals surface area (Å²) in [5, 5.41) is 2.00. The number of furan rings is 1. The van der Waals surface area contributed by atoms with Crippen molar-refractivity contribution in [1.82, 2.24) is 15.0 Å². The molecule has 0 atom stereocenters. The number of aromatic nitrogens is 3. The van der Waals surface area contributed by atoms with E-state index in [0.29, 0.717) is 17.5 Å². The molecule has 0 fully saturated rings. The SMILES string of the molecule is c1ccc(-c2ccc3oc4cccc(-c5nc(-c6ccccc6)nc(-c6cccc(-c7ccc(-c8cccc9c8-c8ccccc8C98c9ccccc9-c9ccccc98)cc7)c6)n5)c4c3c2)cc1. The Morgan fingerprint density at radius 1 is 0.279 bits per heavy atom. The molecule has 2 aliphatic rings. The van der Waals surface area contributed by atoms with Crippen molar-refractivity contribution in [1.29, 1.82) is 0 Å². The van der Waals surface area contributed by atoms with E-state index in [1.807, 2.05) is 48.5 Å². The van der Waals surface area contributed by atoms with Crippen molar-refractivity contribution < 1.29 is 4.42 Å². The van der Waals surface area contributed by atoms with Gasteiger partial charge in [-0.25, -0.2) is 15.0 Å². The summed E-state index contributed by atoms with van der Waals surface area (Å²) in [5.41, 5.74) is 21.4. The predicted molar refractivity (Wildman–Crippen MR) is 276 cm³/mol. The lowest BCUT2D eigenvalue weighted by atomic mass is 9.70.